The van der Waals surface area contributed by atoms with Gasteiger partial charge in [0.15, 0.2) is 0 Å². The van der Waals surface area contributed by atoms with Crippen LogP contribution in [0.4, 0.5) is 0 Å². The van der Waals surface area contributed by atoms with Crippen LogP contribution < -0.4 is 5.32 Å². The van der Waals surface area contributed by atoms with Gasteiger partial charge in [0.2, 0.25) is 0 Å². The van der Waals surface area contributed by atoms with Crippen molar-refractivity contribution >= 4 is 17.2 Å². The van der Waals surface area contributed by atoms with Gasteiger partial charge in [0.1, 0.15) is 0 Å². The van der Waals surface area contributed by atoms with Gasteiger partial charge in [0.25, 0.3) is 5.91 Å². The van der Waals surface area contributed by atoms with Crippen molar-refractivity contribution in [1.82, 2.24) is 5.32 Å². The molecular formula is C15H15NO2S. The first-order valence-electron chi connectivity index (χ1n) is 6.36. The topological polar surface area (TPSA) is 49.3 Å². The molecular weight excluding hydrogens is 258 g/mol. The van der Waals surface area contributed by atoms with Crippen molar-refractivity contribution < 1.29 is 9.90 Å². The summed E-state index contributed by atoms with van der Waals surface area (Å²) in [6, 6.07) is 12.0. The maximum atomic E-state index is 12.2. The second kappa shape index (κ2) is 5.15. The molecule has 2 N–H and O–H groups in total. The molecule has 3 rings (SSSR count). The standard InChI is InChI=1S/C15H15NO2S/c17-12-8-11(9-12)16-15(18)14-13(6-7-19-14)10-4-2-1-3-5-10/h1-7,11-12,17H,8-9H2,(H,16,18). The van der Waals surface area contributed by atoms with Crippen molar-refractivity contribution in [2.45, 2.75) is 25.0 Å². The Morgan fingerprint density at radius 3 is 2.63 bits per heavy atom. The number of benzene rings is 1. The predicted octanol–water partition coefficient (Wildman–Crippen LogP) is 2.67. The summed E-state index contributed by atoms with van der Waals surface area (Å²) in [6.07, 6.45) is 1.08. The van der Waals surface area contributed by atoms with Crippen molar-refractivity contribution in [3.63, 3.8) is 0 Å². The number of nitrogens with one attached hydrogen (secondary N) is 1. The summed E-state index contributed by atoms with van der Waals surface area (Å²) in [7, 11) is 0. The fourth-order valence-electron chi connectivity index (χ4n) is 2.29. The summed E-state index contributed by atoms with van der Waals surface area (Å²) >= 11 is 1.46. The lowest BCUT2D eigenvalue weighted by atomic mass is 9.89. The zero-order valence-corrected chi connectivity index (χ0v) is 11.2. The molecule has 4 heteroatoms. The summed E-state index contributed by atoms with van der Waals surface area (Å²) in [5.41, 5.74) is 2.03. The van der Waals surface area contributed by atoms with Crippen molar-refractivity contribution in [2.75, 3.05) is 0 Å². The number of thiophene rings is 1. The molecule has 1 aromatic heterocycles. The second-order valence-electron chi connectivity index (χ2n) is 4.83. The minimum absolute atomic E-state index is 0.0363. The molecule has 3 nitrogen and oxygen atoms in total. The van der Waals surface area contributed by atoms with Gasteiger partial charge in [-0.2, -0.15) is 0 Å². The molecule has 1 heterocycles. The average molecular weight is 273 g/mol. The van der Waals surface area contributed by atoms with E-state index in [4.69, 9.17) is 0 Å². The minimum Gasteiger partial charge on any atom is -0.393 e. The molecule has 0 spiro atoms. The van der Waals surface area contributed by atoms with Gasteiger partial charge in [-0.1, -0.05) is 30.3 Å². The summed E-state index contributed by atoms with van der Waals surface area (Å²) in [4.78, 5) is 13.0. The molecule has 19 heavy (non-hydrogen) atoms. The van der Waals surface area contributed by atoms with Crippen LogP contribution in [0.2, 0.25) is 0 Å². The molecule has 1 aliphatic carbocycles. The van der Waals surface area contributed by atoms with Gasteiger partial charge in [-0.05, 0) is 29.9 Å². The van der Waals surface area contributed by atoms with Gasteiger partial charge in [-0.25, -0.2) is 0 Å². The number of aliphatic hydroxyl groups excluding tert-OH is 1. The smallest absolute Gasteiger partial charge is 0.262 e. The van der Waals surface area contributed by atoms with Gasteiger partial charge in [0, 0.05) is 11.6 Å². The third kappa shape index (κ3) is 2.55. The van der Waals surface area contributed by atoms with Crippen LogP contribution in [-0.4, -0.2) is 23.2 Å². The van der Waals surface area contributed by atoms with Gasteiger partial charge >= 0.3 is 0 Å². The van der Waals surface area contributed by atoms with Crippen LogP contribution in [0.5, 0.6) is 0 Å². The van der Waals surface area contributed by atoms with Crippen LogP contribution >= 0.6 is 11.3 Å². The third-order valence-electron chi connectivity index (χ3n) is 3.40. The third-order valence-corrected chi connectivity index (χ3v) is 4.32. The molecule has 0 bridgehead atoms. The van der Waals surface area contributed by atoms with Gasteiger partial charge < -0.3 is 10.4 Å². The van der Waals surface area contributed by atoms with Crippen LogP contribution in [0.3, 0.4) is 0 Å². The summed E-state index contributed by atoms with van der Waals surface area (Å²) in [5.74, 6) is -0.0363. The largest absolute Gasteiger partial charge is 0.393 e. The Balaban J connectivity index is 1.78. The highest BCUT2D eigenvalue weighted by molar-refractivity contribution is 7.12. The number of amides is 1. The van der Waals surface area contributed by atoms with Crippen molar-refractivity contribution in [3.8, 4) is 11.1 Å². The van der Waals surface area contributed by atoms with Crippen LogP contribution in [0.1, 0.15) is 22.5 Å². The zero-order chi connectivity index (χ0) is 13.2. The van der Waals surface area contributed by atoms with Gasteiger partial charge in [-0.15, -0.1) is 11.3 Å². The molecule has 0 radical (unpaired) electrons. The maximum absolute atomic E-state index is 12.2. The van der Waals surface area contributed by atoms with Crippen molar-refractivity contribution in [1.29, 1.82) is 0 Å². The first-order valence-corrected chi connectivity index (χ1v) is 7.24. The van der Waals surface area contributed by atoms with E-state index in [1.165, 1.54) is 11.3 Å². The molecule has 0 atom stereocenters. The first-order chi connectivity index (χ1) is 9.24. The first kappa shape index (κ1) is 12.4. The lowest BCUT2D eigenvalue weighted by molar-refractivity contribution is 0.0565. The van der Waals surface area contributed by atoms with E-state index in [2.05, 4.69) is 5.32 Å². The van der Waals surface area contributed by atoms with E-state index in [9.17, 15) is 9.90 Å². The Hall–Kier alpha value is -1.65. The fourth-order valence-corrected chi connectivity index (χ4v) is 3.11. The number of rotatable bonds is 3. The molecule has 1 amide bonds. The average Bonchev–Trinajstić information content (AvgIpc) is 2.87. The summed E-state index contributed by atoms with van der Waals surface area (Å²) < 4.78 is 0. The molecule has 0 aliphatic heterocycles. The Morgan fingerprint density at radius 1 is 1.21 bits per heavy atom. The lowest BCUT2D eigenvalue weighted by Gasteiger charge is -2.31. The zero-order valence-electron chi connectivity index (χ0n) is 10.4. The Kier molecular flexibility index (Phi) is 3.36. The van der Waals surface area contributed by atoms with E-state index in [-0.39, 0.29) is 18.1 Å². The van der Waals surface area contributed by atoms with E-state index >= 15 is 0 Å². The van der Waals surface area contributed by atoms with Crippen molar-refractivity contribution in [3.05, 3.63) is 46.7 Å². The molecule has 1 fully saturated rings. The molecule has 1 saturated carbocycles. The SMILES string of the molecule is O=C(NC1CC(O)C1)c1sccc1-c1ccccc1. The number of aliphatic hydroxyl groups is 1. The highest BCUT2D eigenvalue weighted by Crippen LogP contribution is 2.29. The molecule has 0 unspecified atom stereocenters. The number of carbonyl (C=O) groups is 1. The van der Waals surface area contributed by atoms with E-state index in [0.717, 1.165) is 16.0 Å². The second-order valence-corrected chi connectivity index (χ2v) is 5.74. The van der Waals surface area contributed by atoms with Crippen LogP contribution in [0, 0.1) is 0 Å². The van der Waals surface area contributed by atoms with E-state index in [0.29, 0.717) is 12.8 Å². The lowest BCUT2D eigenvalue weighted by Crippen LogP contribution is -2.46. The Morgan fingerprint density at radius 2 is 1.95 bits per heavy atom. The molecule has 98 valence electrons. The van der Waals surface area contributed by atoms with Gasteiger partial charge in [0.05, 0.1) is 11.0 Å². The maximum Gasteiger partial charge on any atom is 0.262 e. The number of hydrogen-bond donors (Lipinski definition) is 2. The number of hydrogen-bond acceptors (Lipinski definition) is 3. The monoisotopic (exact) mass is 273 g/mol. The molecule has 1 aliphatic rings. The van der Waals surface area contributed by atoms with Crippen LogP contribution in [0.25, 0.3) is 11.1 Å². The number of carbonyl (C=O) groups excluding carboxylic acids is 1. The Labute approximate surface area is 115 Å². The van der Waals surface area contributed by atoms with Crippen LogP contribution in [0.15, 0.2) is 41.8 Å². The van der Waals surface area contributed by atoms with Crippen LogP contribution in [-0.2, 0) is 0 Å². The fraction of sp³-hybridized carbons (Fsp3) is 0.267. The van der Waals surface area contributed by atoms with E-state index in [1.54, 1.807) is 0 Å². The quantitative estimate of drug-likeness (QED) is 0.903. The van der Waals surface area contributed by atoms with E-state index in [1.807, 2.05) is 41.8 Å². The predicted molar refractivity (Wildman–Crippen MR) is 76.3 cm³/mol. The highest BCUT2D eigenvalue weighted by Gasteiger charge is 2.29. The van der Waals surface area contributed by atoms with E-state index < -0.39 is 0 Å². The summed E-state index contributed by atoms with van der Waals surface area (Å²) in [5, 5.41) is 14.2. The molecule has 1 aromatic carbocycles. The summed E-state index contributed by atoms with van der Waals surface area (Å²) in [6.45, 7) is 0. The normalized spacial score (nSPS) is 21.7. The van der Waals surface area contributed by atoms with Crippen molar-refractivity contribution in [2.24, 2.45) is 0 Å². The van der Waals surface area contributed by atoms with Gasteiger partial charge in [-0.3, -0.25) is 4.79 Å². The minimum atomic E-state index is -0.248. The highest BCUT2D eigenvalue weighted by atomic mass is 32.1. The molecule has 2 aromatic rings. The Bertz CT molecular complexity index is 573. The molecule has 0 saturated heterocycles.